The summed E-state index contributed by atoms with van der Waals surface area (Å²) < 4.78 is 5.26. The first kappa shape index (κ1) is 20.0. The lowest BCUT2D eigenvalue weighted by Crippen LogP contribution is -2.31. The molecule has 0 aliphatic rings. The van der Waals surface area contributed by atoms with Crippen LogP contribution in [0.2, 0.25) is 0 Å². The lowest BCUT2D eigenvalue weighted by atomic mass is 9.97. The molecule has 2 aromatic rings. The van der Waals surface area contributed by atoms with Gasteiger partial charge >= 0.3 is 5.97 Å². The van der Waals surface area contributed by atoms with E-state index < -0.39 is 12.1 Å². The van der Waals surface area contributed by atoms with Gasteiger partial charge in [0.05, 0.1) is 5.75 Å². The Balaban J connectivity index is 1.88. The Morgan fingerprint density at radius 2 is 1.69 bits per heavy atom. The summed E-state index contributed by atoms with van der Waals surface area (Å²) >= 11 is 1.39. The van der Waals surface area contributed by atoms with E-state index in [1.165, 1.54) is 11.8 Å². The van der Waals surface area contributed by atoms with Crippen LogP contribution in [0.3, 0.4) is 0 Å². The number of amides is 1. The molecule has 1 amide bonds. The van der Waals surface area contributed by atoms with Crippen molar-refractivity contribution in [3.05, 3.63) is 60.2 Å². The normalized spacial score (nSPS) is 12.9. The average Bonchev–Trinajstić information content (AvgIpc) is 2.67. The molecule has 4 nitrogen and oxygen atoms in total. The molecule has 0 saturated carbocycles. The maximum Gasteiger partial charge on any atom is 0.317 e. The third kappa shape index (κ3) is 5.92. The largest absolute Gasteiger partial charge is 0.452 e. The van der Waals surface area contributed by atoms with Gasteiger partial charge in [0, 0.05) is 10.6 Å². The summed E-state index contributed by atoms with van der Waals surface area (Å²) in [4.78, 5) is 25.4. The summed E-state index contributed by atoms with van der Waals surface area (Å²) in [5.74, 6) is -0.215. The van der Waals surface area contributed by atoms with Gasteiger partial charge in [-0.15, -0.1) is 11.8 Å². The lowest BCUT2D eigenvalue weighted by Gasteiger charge is -2.18. The molecular formula is C21H25NO3S. The van der Waals surface area contributed by atoms with Gasteiger partial charge in [0.2, 0.25) is 0 Å². The van der Waals surface area contributed by atoms with E-state index in [1.54, 1.807) is 6.92 Å². The smallest absolute Gasteiger partial charge is 0.317 e. The van der Waals surface area contributed by atoms with E-state index in [2.05, 4.69) is 19.2 Å². The molecule has 0 aromatic heterocycles. The first-order valence-corrected chi connectivity index (χ1v) is 9.77. The van der Waals surface area contributed by atoms with Crippen molar-refractivity contribution in [1.82, 2.24) is 0 Å². The fraction of sp³-hybridized carbons (Fsp3) is 0.333. The highest BCUT2D eigenvalue weighted by atomic mass is 32.2. The highest BCUT2D eigenvalue weighted by molar-refractivity contribution is 8.00. The molecule has 0 aliphatic heterocycles. The van der Waals surface area contributed by atoms with Crippen molar-refractivity contribution >= 4 is 29.3 Å². The molecular weight excluding hydrogens is 346 g/mol. The number of esters is 1. The van der Waals surface area contributed by atoms with Crippen molar-refractivity contribution in [3.63, 3.8) is 0 Å². The quantitative estimate of drug-likeness (QED) is 0.532. The number of hydrogen-bond donors (Lipinski definition) is 1. The number of para-hydroxylation sites is 1. The summed E-state index contributed by atoms with van der Waals surface area (Å²) in [7, 11) is 0. The minimum Gasteiger partial charge on any atom is -0.452 e. The van der Waals surface area contributed by atoms with E-state index in [1.807, 2.05) is 54.6 Å². The first-order valence-electron chi connectivity index (χ1n) is 8.78. The number of thioether (sulfide) groups is 1. The first-order chi connectivity index (χ1) is 12.5. The standard InChI is InChI=1S/C21H25NO3S/c1-4-15(2)18-12-8-9-13-19(18)22-21(24)16(3)25-20(23)14-26-17-10-6-5-7-11-17/h5-13,15-16H,4,14H2,1-3H3,(H,22,24)/t15-,16-/m0/s1. The molecule has 0 saturated heterocycles. The van der Waals surface area contributed by atoms with Crippen LogP contribution in [-0.4, -0.2) is 23.7 Å². The summed E-state index contributed by atoms with van der Waals surface area (Å²) in [6, 6.07) is 17.3. The minimum absolute atomic E-state index is 0.172. The number of anilines is 1. The molecule has 138 valence electrons. The van der Waals surface area contributed by atoms with Gasteiger partial charge in [0.25, 0.3) is 5.91 Å². The Labute approximate surface area is 159 Å². The fourth-order valence-electron chi connectivity index (χ4n) is 2.44. The van der Waals surface area contributed by atoms with Gasteiger partial charge < -0.3 is 10.1 Å². The fourth-order valence-corrected chi connectivity index (χ4v) is 3.14. The van der Waals surface area contributed by atoms with Gasteiger partial charge in [0.15, 0.2) is 6.10 Å². The zero-order valence-corrected chi connectivity index (χ0v) is 16.2. The SMILES string of the molecule is CC[C@H](C)c1ccccc1NC(=O)[C@H](C)OC(=O)CSc1ccccc1. The van der Waals surface area contributed by atoms with Crippen LogP contribution in [0.4, 0.5) is 5.69 Å². The molecule has 0 spiro atoms. The summed E-state index contributed by atoms with van der Waals surface area (Å²) in [5, 5.41) is 2.88. The van der Waals surface area contributed by atoms with Gasteiger partial charge in [0.1, 0.15) is 0 Å². The molecule has 0 bridgehead atoms. The highest BCUT2D eigenvalue weighted by Crippen LogP contribution is 2.26. The van der Waals surface area contributed by atoms with E-state index in [0.29, 0.717) is 5.92 Å². The van der Waals surface area contributed by atoms with Crippen LogP contribution in [-0.2, 0) is 14.3 Å². The molecule has 5 heteroatoms. The van der Waals surface area contributed by atoms with Gasteiger partial charge in [-0.05, 0) is 43.0 Å². The van der Waals surface area contributed by atoms with Crippen LogP contribution in [0.1, 0.15) is 38.7 Å². The van der Waals surface area contributed by atoms with Crippen LogP contribution >= 0.6 is 11.8 Å². The number of benzene rings is 2. The van der Waals surface area contributed by atoms with Crippen LogP contribution in [0.5, 0.6) is 0 Å². The van der Waals surface area contributed by atoms with Gasteiger partial charge in [-0.1, -0.05) is 50.2 Å². The molecule has 1 N–H and O–H groups in total. The number of nitrogens with one attached hydrogen (secondary N) is 1. The Morgan fingerprint density at radius 1 is 1.04 bits per heavy atom. The zero-order valence-electron chi connectivity index (χ0n) is 15.4. The van der Waals surface area contributed by atoms with Crippen molar-refractivity contribution in [2.24, 2.45) is 0 Å². The van der Waals surface area contributed by atoms with Crippen LogP contribution in [0.25, 0.3) is 0 Å². The molecule has 0 unspecified atom stereocenters. The third-order valence-electron chi connectivity index (χ3n) is 4.14. The number of hydrogen-bond acceptors (Lipinski definition) is 4. The van der Waals surface area contributed by atoms with E-state index in [-0.39, 0.29) is 11.7 Å². The maximum absolute atomic E-state index is 12.4. The maximum atomic E-state index is 12.4. The second-order valence-electron chi connectivity index (χ2n) is 6.12. The van der Waals surface area contributed by atoms with Crippen molar-refractivity contribution < 1.29 is 14.3 Å². The van der Waals surface area contributed by atoms with Gasteiger partial charge in [-0.25, -0.2) is 0 Å². The molecule has 2 atom stereocenters. The van der Waals surface area contributed by atoms with Crippen LogP contribution in [0.15, 0.2) is 59.5 Å². The average molecular weight is 372 g/mol. The van der Waals surface area contributed by atoms with E-state index >= 15 is 0 Å². The van der Waals surface area contributed by atoms with E-state index in [0.717, 1.165) is 22.6 Å². The van der Waals surface area contributed by atoms with Gasteiger partial charge in [-0.2, -0.15) is 0 Å². The molecule has 2 rings (SSSR count). The lowest BCUT2D eigenvalue weighted by molar-refractivity contribution is -0.150. The predicted molar refractivity (Wildman–Crippen MR) is 106 cm³/mol. The second kappa shape index (κ2) is 10.0. The number of rotatable bonds is 8. The Bertz CT molecular complexity index is 733. The Kier molecular flexibility index (Phi) is 7.73. The molecule has 0 heterocycles. The van der Waals surface area contributed by atoms with Crippen molar-refractivity contribution in [2.75, 3.05) is 11.1 Å². The van der Waals surface area contributed by atoms with E-state index in [9.17, 15) is 9.59 Å². The molecule has 0 radical (unpaired) electrons. The van der Waals surface area contributed by atoms with Gasteiger partial charge in [-0.3, -0.25) is 9.59 Å². The number of carbonyl (C=O) groups excluding carboxylic acids is 2. The minimum atomic E-state index is -0.844. The monoisotopic (exact) mass is 371 g/mol. The van der Waals surface area contributed by atoms with Crippen LogP contribution < -0.4 is 5.32 Å². The van der Waals surface area contributed by atoms with Crippen molar-refractivity contribution in [3.8, 4) is 0 Å². The molecule has 0 fully saturated rings. The Hall–Kier alpha value is -2.27. The number of carbonyl (C=O) groups is 2. The molecule has 2 aromatic carbocycles. The Morgan fingerprint density at radius 3 is 2.38 bits per heavy atom. The summed E-state index contributed by atoms with van der Waals surface area (Å²) in [6.45, 7) is 5.82. The van der Waals surface area contributed by atoms with Crippen molar-refractivity contribution in [1.29, 1.82) is 0 Å². The molecule has 26 heavy (non-hydrogen) atoms. The second-order valence-corrected chi connectivity index (χ2v) is 7.17. The van der Waals surface area contributed by atoms with Crippen LogP contribution in [0, 0.1) is 0 Å². The summed E-state index contributed by atoms with van der Waals surface area (Å²) in [6.07, 6.45) is 0.137. The van der Waals surface area contributed by atoms with E-state index in [4.69, 9.17) is 4.74 Å². The third-order valence-corrected chi connectivity index (χ3v) is 5.12. The molecule has 0 aliphatic carbocycles. The van der Waals surface area contributed by atoms with Crippen molar-refractivity contribution in [2.45, 2.75) is 44.1 Å². The predicted octanol–water partition coefficient (Wildman–Crippen LogP) is 4.86. The number of ether oxygens (including phenoxy) is 1. The summed E-state index contributed by atoms with van der Waals surface area (Å²) in [5.41, 5.74) is 1.86. The highest BCUT2D eigenvalue weighted by Gasteiger charge is 2.19. The zero-order chi connectivity index (χ0) is 18.9. The topological polar surface area (TPSA) is 55.4 Å².